The van der Waals surface area contributed by atoms with Gasteiger partial charge in [0, 0.05) is 18.9 Å². The highest BCUT2D eigenvalue weighted by Crippen LogP contribution is 2.12. The van der Waals surface area contributed by atoms with Crippen molar-refractivity contribution < 1.29 is 19.8 Å². The smallest absolute Gasteiger partial charge is 0.326 e. The Kier molecular flexibility index (Phi) is 6.17. The van der Waals surface area contributed by atoms with Gasteiger partial charge in [0.2, 0.25) is 5.91 Å². The molecule has 5 N–H and O–H groups in total. The molecule has 0 heterocycles. The van der Waals surface area contributed by atoms with Crippen molar-refractivity contribution in [2.75, 3.05) is 0 Å². The summed E-state index contributed by atoms with van der Waals surface area (Å²) in [6.45, 7) is 3.81. The van der Waals surface area contributed by atoms with E-state index in [0.717, 1.165) is 0 Å². The monoisotopic (exact) mass is 294 g/mol. The lowest BCUT2D eigenvalue weighted by atomic mass is 10.0. The molecule has 0 fully saturated rings. The summed E-state index contributed by atoms with van der Waals surface area (Å²) in [5.74, 6) is -1.22. The summed E-state index contributed by atoms with van der Waals surface area (Å²) >= 11 is 0. The molecule has 21 heavy (non-hydrogen) atoms. The molecule has 0 spiro atoms. The van der Waals surface area contributed by atoms with Gasteiger partial charge in [0.1, 0.15) is 11.8 Å². The second-order valence-corrected chi connectivity index (χ2v) is 5.44. The molecule has 0 saturated heterocycles. The van der Waals surface area contributed by atoms with E-state index in [0.29, 0.717) is 5.56 Å². The zero-order valence-electron chi connectivity index (χ0n) is 12.2. The van der Waals surface area contributed by atoms with Gasteiger partial charge >= 0.3 is 5.97 Å². The number of rotatable bonds is 7. The van der Waals surface area contributed by atoms with Crippen LogP contribution in [0.1, 0.15) is 25.8 Å². The predicted octanol–water partition coefficient (Wildman–Crippen LogP) is 0.877. The summed E-state index contributed by atoms with van der Waals surface area (Å²) in [6.07, 6.45) is 0.245. The largest absolute Gasteiger partial charge is 0.508 e. The minimum atomic E-state index is -1.10. The van der Waals surface area contributed by atoms with Crippen molar-refractivity contribution in [3.63, 3.8) is 0 Å². The van der Waals surface area contributed by atoms with Crippen LogP contribution in [-0.2, 0) is 16.0 Å². The third-order valence-electron chi connectivity index (χ3n) is 3.29. The fraction of sp³-hybridized carbons (Fsp3) is 0.467. The normalized spacial score (nSPS) is 13.7. The topological polar surface area (TPSA) is 113 Å². The van der Waals surface area contributed by atoms with Crippen molar-refractivity contribution in [3.8, 4) is 5.75 Å². The van der Waals surface area contributed by atoms with Crippen LogP contribution in [0.4, 0.5) is 0 Å². The van der Waals surface area contributed by atoms with Crippen LogP contribution in [0.15, 0.2) is 24.3 Å². The van der Waals surface area contributed by atoms with E-state index in [-0.39, 0.29) is 36.5 Å². The molecule has 0 bridgehead atoms. The Bertz CT molecular complexity index is 485. The Morgan fingerprint density at radius 1 is 1.24 bits per heavy atom. The first-order valence-electron chi connectivity index (χ1n) is 6.85. The first-order valence-corrected chi connectivity index (χ1v) is 6.85. The van der Waals surface area contributed by atoms with E-state index in [1.807, 2.05) is 13.8 Å². The molecule has 1 rings (SSSR count). The van der Waals surface area contributed by atoms with Gasteiger partial charge in [-0.15, -0.1) is 0 Å². The minimum absolute atomic E-state index is 0.0943. The molecule has 1 amide bonds. The van der Waals surface area contributed by atoms with Crippen molar-refractivity contribution >= 4 is 11.9 Å². The number of benzene rings is 1. The molecule has 0 aliphatic carbocycles. The van der Waals surface area contributed by atoms with Gasteiger partial charge in [-0.3, -0.25) is 4.79 Å². The van der Waals surface area contributed by atoms with Crippen molar-refractivity contribution in [2.24, 2.45) is 11.7 Å². The highest BCUT2D eigenvalue weighted by Gasteiger charge is 2.22. The Morgan fingerprint density at radius 3 is 2.29 bits per heavy atom. The number of aromatic hydroxyl groups is 1. The van der Waals surface area contributed by atoms with E-state index < -0.39 is 12.0 Å². The van der Waals surface area contributed by atoms with Crippen molar-refractivity contribution in [1.82, 2.24) is 5.32 Å². The Balaban J connectivity index is 2.63. The van der Waals surface area contributed by atoms with E-state index in [9.17, 15) is 19.8 Å². The zero-order chi connectivity index (χ0) is 16.0. The number of hydrogen-bond donors (Lipinski definition) is 4. The quantitative estimate of drug-likeness (QED) is 0.596. The number of carbonyl (C=O) groups excluding carboxylic acids is 1. The van der Waals surface area contributed by atoms with Crippen molar-refractivity contribution in [2.45, 2.75) is 38.8 Å². The second kappa shape index (κ2) is 7.64. The van der Waals surface area contributed by atoms with Gasteiger partial charge in [0.15, 0.2) is 0 Å². The molecule has 0 aliphatic heterocycles. The fourth-order valence-electron chi connectivity index (χ4n) is 1.77. The van der Waals surface area contributed by atoms with E-state index in [1.165, 1.54) is 12.1 Å². The maximum absolute atomic E-state index is 11.8. The molecule has 0 aliphatic rings. The van der Waals surface area contributed by atoms with Gasteiger partial charge in [-0.1, -0.05) is 26.0 Å². The maximum atomic E-state index is 11.8. The number of phenols is 1. The number of carboxylic acids is 1. The van der Waals surface area contributed by atoms with E-state index >= 15 is 0 Å². The lowest BCUT2D eigenvalue weighted by molar-refractivity contribution is -0.141. The van der Waals surface area contributed by atoms with Crippen LogP contribution in [-0.4, -0.2) is 34.2 Å². The van der Waals surface area contributed by atoms with Crippen LogP contribution >= 0.6 is 0 Å². The van der Waals surface area contributed by atoms with Gasteiger partial charge in [0.25, 0.3) is 0 Å². The molecule has 1 aromatic rings. The van der Waals surface area contributed by atoms with Crippen LogP contribution in [0.3, 0.4) is 0 Å². The maximum Gasteiger partial charge on any atom is 0.326 e. The fourth-order valence-corrected chi connectivity index (χ4v) is 1.77. The van der Waals surface area contributed by atoms with Gasteiger partial charge in [0.05, 0.1) is 0 Å². The van der Waals surface area contributed by atoms with E-state index in [1.54, 1.807) is 12.1 Å². The zero-order valence-corrected chi connectivity index (χ0v) is 12.2. The SMILES string of the molecule is CC(C)C(N)CC(=O)NC(Cc1ccc(O)cc1)C(=O)O. The van der Waals surface area contributed by atoms with Crippen LogP contribution in [0.25, 0.3) is 0 Å². The molecular formula is C15H22N2O4. The van der Waals surface area contributed by atoms with Crippen molar-refractivity contribution in [1.29, 1.82) is 0 Å². The molecule has 2 unspecified atom stereocenters. The molecule has 1 aromatic carbocycles. The van der Waals surface area contributed by atoms with E-state index in [4.69, 9.17) is 5.73 Å². The molecule has 0 aromatic heterocycles. The highest BCUT2D eigenvalue weighted by atomic mass is 16.4. The highest BCUT2D eigenvalue weighted by molar-refractivity contribution is 5.84. The number of amides is 1. The Morgan fingerprint density at radius 2 is 1.81 bits per heavy atom. The van der Waals surface area contributed by atoms with Crippen LogP contribution in [0.2, 0.25) is 0 Å². The third-order valence-corrected chi connectivity index (χ3v) is 3.29. The number of carbonyl (C=O) groups is 2. The minimum Gasteiger partial charge on any atom is -0.508 e. The Labute approximate surface area is 124 Å². The molecule has 2 atom stereocenters. The molecule has 6 heteroatoms. The average Bonchev–Trinajstić information content (AvgIpc) is 2.40. The van der Waals surface area contributed by atoms with Gasteiger partial charge in [-0.25, -0.2) is 4.79 Å². The summed E-state index contributed by atoms with van der Waals surface area (Å²) < 4.78 is 0. The second-order valence-electron chi connectivity index (χ2n) is 5.44. The van der Waals surface area contributed by atoms with Crippen LogP contribution in [0.5, 0.6) is 5.75 Å². The number of aliphatic carboxylic acids is 1. The number of hydrogen-bond acceptors (Lipinski definition) is 4. The van der Waals surface area contributed by atoms with Gasteiger partial charge in [-0.2, -0.15) is 0 Å². The average molecular weight is 294 g/mol. The van der Waals surface area contributed by atoms with Gasteiger partial charge < -0.3 is 21.3 Å². The van der Waals surface area contributed by atoms with E-state index in [2.05, 4.69) is 5.32 Å². The third kappa shape index (κ3) is 5.83. The molecular weight excluding hydrogens is 272 g/mol. The first kappa shape index (κ1) is 17.0. The van der Waals surface area contributed by atoms with Gasteiger partial charge in [-0.05, 0) is 23.6 Å². The number of phenolic OH excluding ortho intramolecular Hbond substituents is 1. The predicted molar refractivity (Wildman–Crippen MR) is 78.8 cm³/mol. The molecule has 0 saturated carbocycles. The lowest BCUT2D eigenvalue weighted by Gasteiger charge is -2.18. The number of carboxylic acid groups (broad SMARTS) is 1. The molecule has 6 nitrogen and oxygen atoms in total. The number of nitrogens with one attached hydrogen (secondary N) is 1. The van der Waals surface area contributed by atoms with Crippen molar-refractivity contribution in [3.05, 3.63) is 29.8 Å². The first-order chi connectivity index (χ1) is 9.79. The van der Waals surface area contributed by atoms with Crippen LogP contribution in [0, 0.1) is 5.92 Å². The summed E-state index contributed by atoms with van der Waals surface area (Å²) in [4.78, 5) is 23.1. The van der Waals surface area contributed by atoms with Crippen LogP contribution < -0.4 is 11.1 Å². The molecule has 116 valence electrons. The standard InChI is InChI=1S/C15H22N2O4/c1-9(2)12(16)8-14(19)17-13(15(20)21)7-10-3-5-11(18)6-4-10/h3-6,9,12-13,18H,7-8,16H2,1-2H3,(H,17,19)(H,20,21). The summed E-state index contributed by atoms with van der Waals surface area (Å²) in [5.41, 5.74) is 6.52. The molecule has 0 radical (unpaired) electrons. The summed E-state index contributed by atoms with van der Waals surface area (Å²) in [5, 5.41) is 20.9. The Hall–Kier alpha value is -2.08. The summed E-state index contributed by atoms with van der Waals surface area (Å²) in [7, 11) is 0. The summed E-state index contributed by atoms with van der Waals surface area (Å²) in [6, 6.07) is 4.89. The lowest BCUT2D eigenvalue weighted by Crippen LogP contribution is -2.44. The number of nitrogens with two attached hydrogens (primary N) is 1.